The van der Waals surface area contributed by atoms with Gasteiger partial charge in [-0.1, -0.05) is 24.3 Å². The van der Waals surface area contributed by atoms with Gasteiger partial charge in [0.15, 0.2) is 11.5 Å². The van der Waals surface area contributed by atoms with Gasteiger partial charge in [0.1, 0.15) is 13.5 Å². The van der Waals surface area contributed by atoms with Gasteiger partial charge in [0.05, 0.1) is 0 Å². The Labute approximate surface area is 164 Å². The molecule has 0 aromatic heterocycles. The summed E-state index contributed by atoms with van der Waals surface area (Å²) < 4.78 is 12.3. The van der Waals surface area contributed by atoms with Crippen LogP contribution >= 0.6 is 23.2 Å². The summed E-state index contributed by atoms with van der Waals surface area (Å²) in [5, 5.41) is 2.65. The second kappa shape index (κ2) is 7.43. The summed E-state index contributed by atoms with van der Waals surface area (Å²) >= 11 is 12.4. The smallest absolute Gasteiger partial charge is 0.168 e. The number of hydrogen-bond donors (Lipinski definition) is 0. The number of ether oxygens (including phenoxy) is 2. The first-order chi connectivity index (χ1) is 12.5. The molecule has 0 saturated carbocycles. The molecule has 0 radical (unpaired) electrons. The predicted molar refractivity (Wildman–Crippen MR) is 106 cm³/mol. The molecule has 2 aromatic carbocycles. The van der Waals surface area contributed by atoms with E-state index in [1.54, 1.807) is 0 Å². The Kier molecular flexibility index (Phi) is 5.20. The molecule has 0 aliphatic carbocycles. The summed E-state index contributed by atoms with van der Waals surface area (Å²) in [4.78, 5) is 4.48. The van der Waals surface area contributed by atoms with Gasteiger partial charge in [-0.05, 0) is 24.6 Å². The van der Waals surface area contributed by atoms with Crippen molar-refractivity contribution in [2.75, 3.05) is 26.6 Å². The molecule has 2 aliphatic rings. The fraction of sp³-hybridized carbons (Fsp3) is 0.500. The quantitative estimate of drug-likeness (QED) is 0.717. The van der Waals surface area contributed by atoms with Crippen LogP contribution in [-0.2, 0) is 13.1 Å². The van der Waals surface area contributed by atoms with E-state index in [-0.39, 0.29) is 10.8 Å². The van der Waals surface area contributed by atoms with Gasteiger partial charge < -0.3 is 9.47 Å². The highest BCUT2D eigenvalue weighted by atomic mass is 35.5. The Bertz CT molecular complexity index is 743. The molecular formula is C20H24Cl2N2O2. The van der Waals surface area contributed by atoms with E-state index >= 15 is 0 Å². The first-order valence-electron chi connectivity index (χ1n) is 9.08. The molecule has 26 heavy (non-hydrogen) atoms. The van der Waals surface area contributed by atoms with Crippen LogP contribution in [0, 0.1) is 0 Å². The lowest BCUT2D eigenvalue weighted by Gasteiger charge is -2.36. The van der Waals surface area contributed by atoms with Gasteiger partial charge in [-0.3, -0.25) is 9.80 Å². The minimum absolute atomic E-state index is 0.0893. The normalized spacial score (nSPS) is 20.0. The van der Waals surface area contributed by atoms with Crippen LogP contribution < -0.4 is 9.47 Å². The molecule has 0 bridgehead atoms. The van der Waals surface area contributed by atoms with Crippen molar-refractivity contribution in [1.82, 2.24) is 9.80 Å². The SMILES string of the molecule is C[C@H](Cl)CN1COc2c3c(c4ccccc4c2C1)CN(C[C@@H](C)Cl)CO3. The summed E-state index contributed by atoms with van der Waals surface area (Å²) in [6.07, 6.45) is 0. The number of rotatable bonds is 4. The van der Waals surface area contributed by atoms with Crippen molar-refractivity contribution in [2.24, 2.45) is 0 Å². The molecule has 0 N–H and O–H groups in total. The van der Waals surface area contributed by atoms with E-state index in [9.17, 15) is 0 Å². The van der Waals surface area contributed by atoms with E-state index < -0.39 is 0 Å². The van der Waals surface area contributed by atoms with E-state index in [0.717, 1.165) is 37.7 Å². The zero-order valence-corrected chi connectivity index (χ0v) is 16.7. The first kappa shape index (κ1) is 18.2. The summed E-state index contributed by atoms with van der Waals surface area (Å²) in [7, 11) is 0. The van der Waals surface area contributed by atoms with Crippen molar-refractivity contribution in [3.8, 4) is 11.5 Å². The third-order valence-corrected chi connectivity index (χ3v) is 5.17. The van der Waals surface area contributed by atoms with Gasteiger partial charge in [0.25, 0.3) is 0 Å². The fourth-order valence-corrected chi connectivity index (χ4v) is 4.33. The highest BCUT2D eigenvalue weighted by molar-refractivity contribution is 6.20. The van der Waals surface area contributed by atoms with Gasteiger partial charge in [0.2, 0.25) is 0 Å². The largest absolute Gasteiger partial charge is 0.474 e. The van der Waals surface area contributed by atoms with Crippen molar-refractivity contribution in [3.05, 3.63) is 35.4 Å². The van der Waals surface area contributed by atoms with E-state index in [1.807, 2.05) is 13.8 Å². The van der Waals surface area contributed by atoms with Crippen LogP contribution in [0.4, 0.5) is 0 Å². The van der Waals surface area contributed by atoms with Crippen LogP contribution in [0.25, 0.3) is 10.8 Å². The maximum Gasteiger partial charge on any atom is 0.168 e. The number of alkyl halides is 2. The van der Waals surface area contributed by atoms with E-state index in [2.05, 4.69) is 34.1 Å². The summed E-state index contributed by atoms with van der Waals surface area (Å²) in [5.41, 5.74) is 2.39. The van der Waals surface area contributed by atoms with E-state index in [1.165, 1.54) is 21.9 Å². The van der Waals surface area contributed by atoms with Gasteiger partial charge >= 0.3 is 0 Å². The molecule has 6 heteroatoms. The predicted octanol–water partition coefficient (Wildman–Crippen LogP) is 4.40. The molecule has 0 spiro atoms. The maximum atomic E-state index is 6.19. The topological polar surface area (TPSA) is 24.9 Å². The number of hydrogen-bond acceptors (Lipinski definition) is 4. The first-order valence-corrected chi connectivity index (χ1v) is 9.95. The zero-order valence-electron chi connectivity index (χ0n) is 15.2. The summed E-state index contributed by atoms with van der Waals surface area (Å²) in [6, 6.07) is 8.52. The van der Waals surface area contributed by atoms with Crippen molar-refractivity contribution in [3.63, 3.8) is 0 Å². The van der Waals surface area contributed by atoms with Crippen molar-refractivity contribution < 1.29 is 9.47 Å². The molecular weight excluding hydrogens is 371 g/mol. The third-order valence-electron chi connectivity index (χ3n) is 4.90. The fourth-order valence-electron chi connectivity index (χ4n) is 3.94. The van der Waals surface area contributed by atoms with Crippen LogP contribution in [-0.4, -0.2) is 47.1 Å². The molecule has 4 nitrogen and oxygen atoms in total. The molecule has 2 aromatic rings. The number of nitrogens with zero attached hydrogens (tertiary/aromatic N) is 2. The van der Waals surface area contributed by atoms with E-state index in [4.69, 9.17) is 32.7 Å². The number of halogens is 2. The Hall–Kier alpha value is -1.20. The molecule has 4 rings (SSSR count). The highest BCUT2D eigenvalue weighted by Crippen LogP contribution is 2.46. The minimum atomic E-state index is 0.0893. The van der Waals surface area contributed by atoms with Gasteiger partial charge in [0, 0.05) is 48.1 Å². The second-order valence-corrected chi connectivity index (χ2v) is 8.78. The van der Waals surface area contributed by atoms with Crippen LogP contribution in [0.1, 0.15) is 25.0 Å². The van der Waals surface area contributed by atoms with Crippen molar-refractivity contribution >= 4 is 34.0 Å². The molecule has 2 heterocycles. The van der Waals surface area contributed by atoms with Crippen molar-refractivity contribution in [2.45, 2.75) is 37.7 Å². The molecule has 2 atom stereocenters. The van der Waals surface area contributed by atoms with Gasteiger partial charge in [-0.25, -0.2) is 0 Å². The minimum Gasteiger partial charge on any atom is -0.474 e. The van der Waals surface area contributed by atoms with Crippen LogP contribution in [0.5, 0.6) is 11.5 Å². The second-order valence-electron chi connectivity index (χ2n) is 7.29. The van der Waals surface area contributed by atoms with Crippen LogP contribution in [0.3, 0.4) is 0 Å². The van der Waals surface area contributed by atoms with Crippen LogP contribution in [0.15, 0.2) is 24.3 Å². The lowest BCUT2D eigenvalue weighted by atomic mass is 9.95. The Morgan fingerprint density at radius 2 is 1.27 bits per heavy atom. The van der Waals surface area contributed by atoms with Gasteiger partial charge in [-0.15, -0.1) is 23.2 Å². The highest BCUT2D eigenvalue weighted by Gasteiger charge is 2.30. The molecule has 0 amide bonds. The molecule has 0 fully saturated rings. The third kappa shape index (κ3) is 3.48. The lowest BCUT2D eigenvalue weighted by Crippen LogP contribution is -2.38. The number of benzene rings is 2. The lowest BCUT2D eigenvalue weighted by molar-refractivity contribution is 0.0703. The standard InChI is InChI=1S/C20H24Cl2N2O2/c1-13(21)7-23-9-17-15-5-3-4-6-16(15)18-10-24(8-14(2)22)12-26-20(18)19(17)25-11-23/h3-6,13-14H,7-12H2,1-2H3/t13-,14+. The Morgan fingerprint density at radius 1 is 0.846 bits per heavy atom. The van der Waals surface area contributed by atoms with E-state index in [0.29, 0.717) is 13.5 Å². The average Bonchev–Trinajstić information content (AvgIpc) is 2.61. The molecule has 0 unspecified atom stereocenters. The summed E-state index contributed by atoms with van der Waals surface area (Å²) in [6.45, 7) is 8.36. The van der Waals surface area contributed by atoms with Crippen molar-refractivity contribution in [1.29, 1.82) is 0 Å². The average molecular weight is 395 g/mol. The molecule has 140 valence electrons. The summed E-state index contributed by atoms with van der Waals surface area (Å²) in [5.74, 6) is 1.80. The number of fused-ring (bicyclic) bond motifs is 6. The zero-order chi connectivity index (χ0) is 18.3. The van der Waals surface area contributed by atoms with Crippen LogP contribution in [0.2, 0.25) is 0 Å². The molecule has 2 aliphatic heterocycles. The maximum absolute atomic E-state index is 6.19. The Balaban J connectivity index is 1.77. The monoisotopic (exact) mass is 394 g/mol. The van der Waals surface area contributed by atoms with Gasteiger partial charge in [-0.2, -0.15) is 0 Å². The molecule has 0 saturated heterocycles. The Morgan fingerprint density at radius 3 is 1.65 bits per heavy atom.